The van der Waals surface area contributed by atoms with E-state index in [1.54, 1.807) is 26.8 Å². The van der Waals surface area contributed by atoms with Crippen LogP contribution in [0.15, 0.2) is 24.3 Å². The third-order valence-electron chi connectivity index (χ3n) is 3.40. The van der Waals surface area contributed by atoms with Gasteiger partial charge in [-0.1, -0.05) is 45.1 Å². The van der Waals surface area contributed by atoms with Crippen molar-refractivity contribution in [1.29, 1.82) is 0 Å². The molecule has 0 spiro atoms. The molecule has 0 fully saturated rings. The molecule has 0 aromatic rings. The smallest absolute Gasteiger partial charge is 0.218 e. The van der Waals surface area contributed by atoms with Crippen LogP contribution in [0.25, 0.3) is 0 Å². The van der Waals surface area contributed by atoms with E-state index in [-0.39, 0.29) is 0 Å². The van der Waals surface area contributed by atoms with Crippen molar-refractivity contribution in [2.75, 3.05) is 13.3 Å². The predicted octanol–water partition coefficient (Wildman–Crippen LogP) is 1.88. The predicted molar refractivity (Wildman–Crippen MR) is 74.2 cm³/mol. The summed E-state index contributed by atoms with van der Waals surface area (Å²) in [5.74, 6) is 0. The highest BCUT2D eigenvalue weighted by Crippen LogP contribution is 2.43. The maximum Gasteiger partial charge on any atom is 0.218 e. The summed E-state index contributed by atoms with van der Waals surface area (Å²) in [7, 11) is -3.99. The van der Waals surface area contributed by atoms with E-state index in [9.17, 15) is 17.2 Å². The standard InChI is InChI=1S/C13H21F2NO3S/c1-12(2,3)13(19-10(8-14)9-15)7-5-4-6-11(13)20(16,17)18/h4-7,10-11H,8-9H2,1-3H3,(H2,16,17,18). The Morgan fingerprint density at radius 3 is 2.25 bits per heavy atom. The van der Waals surface area contributed by atoms with E-state index in [1.165, 1.54) is 18.2 Å². The summed E-state index contributed by atoms with van der Waals surface area (Å²) in [5, 5.41) is 4.07. The molecule has 2 N–H and O–H groups in total. The van der Waals surface area contributed by atoms with Crippen molar-refractivity contribution in [2.45, 2.75) is 37.7 Å². The lowest BCUT2D eigenvalue weighted by molar-refractivity contribution is -0.129. The van der Waals surface area contributed by atoms with Crippen molar-refractivity contribution in [1.82, 2.24) is 0 Å². The van der Waals surface area contributed by atoms with Crippen LogP contribution in [0, 0.1) is 5.41 Å². The van der Waals surface area contributed by atoms with Gasteiger partial charge in [-0.2, -0.15) is 0 Å². The second kappa shape index (κ2) is 5.91. The summed E-state index contributed by atoms with van der Waals surface area (Å²) in [5.41, 5.74) is -2.15. The Bertz CT molecular complexity index is 492. The lowest BCUT2D eigenvalue weighted by Crippen LogP contribution is -2.59. The number of hydrogen-bond donors (Lipinski definition) is 1. The maximum atomic E-state index is 12.8. The topological polar surface area (TPSA) is 69.4 Å². The van der Waals surface area contributed by atoms with Crippen molar-refractivity contribution in [3.63, 3.8) is 0 Å². The van der Waals surface area contributed by atoms with Gasteiger partial charge in [-0.25, -0.2) is 22.3 Å². The SMILES string of the molecule is CC(C)(C)C1(OC(CF)CF)C=CC=CC1S(N)(=O)=O. The van der Waals surface area contributed by atoms with Gasteiger partial charge in [-0.05, 0) is 5.41 Å². The zero-order chi connectivity index (χ0) is 15.6. The molecule has 0 saturated heterocycles. The molecular weight excluding hydrogens is 288 g/mol. The minimum atomic E-state index is -3.99. The first kappa shape index (κ1) is 17.3. The summed E-state index contributed by atoms with van der Waals surface area (Å²) in [6, 6.07) is 0. The molecule has 1 aliphatic rings. The van der Waals surface area contributed by atoms with E-state index in [2.05, 4.69) is 0 Å². The van der Waals surface area contributed by atoms with Crippen LogP contribution in [0.4, 0.5) is 8.78 Å². The fourth-order valence-electron chi connectivity index (χ4n) is 2.29. The second-order valence-electron chi connectivity index (χ2n) is 5.85. The van der Waals surface area contributed by atoms with Gasteiger partial charge in [0.2, 0.25) is 10.0 Å². The molecule has 0 amide bonds. The number of rotatable bonds is 5. The number of primary sulfonamides is 1. The van der Waals surface area contributed by atoms with Crippen LogP contribution in [-0.2, 0) is 14.8 Å². The summed E-state index contributed by atoms with van der Waals surface area (Å²) in [6.45, 7) is 3.14. The Labute approximate surface area is 118 Å². The Kier molecular flexibility index (Phi) is 5.10. The first-order valence-electron chi connectivity index (χ1n) is 6.26. The monoisotopic (exact) mass is 309 g/mol. The molecule has 20 heavy (non-hydrogen) atoms. The van der Waals surface area contributed by atoms with Crippen molar-refractivity contribution in [3.8, 4) is 0 Å². The van der Waals surface area contributed by atoms with Crippen LogP contribution in [0.3, 0.4) is 0 Å². The zero-order valence-electron chi connectivity index (χ0n) is 11.8. The fourth-order valence-corrected chi connectivity index (χ4v) is 3.58. The highest BCUT2D eigenvalue weighted by atomic mass is 32.2. The normalized spacial score (nSPS) is 27.2. The number of hydrogen-bond acceptors (Lipinski definition) is 3. The molecule has 0 radical (unpaired) electrons. The summed E-state index contributed by atoms with van der Waals surface area (Å²) in [6.07, 6.45) is 4.70. The molecule has 116 valence electrons. The third kappa shape index (κ3) is 3.27. The Morgan fingerprint density at radius 2 is 1.85 bits per heavy atom. The van der Waals surface area contributed by atoms with Crippen LogP contribution >= 0.6 is 0 Å². The largest absolute Gasteiger partial charge is 0.360 e. The third-order valence-corrected chi connectivity index (χ3v) is 4.61. The number of nitrogens with two attached hydrogens (primary N) is 1. The minimum Gasteiger partial charge on any atom is -0.360 e. The Morgan fingerprint density at radius 1 is 1.30 bits per heavy atom. The molecule has 0 bridgehead atoms. The second-order valence-corrected chi connectivity index (χ2v) is 7.53. The molecule has 0 saturated carbocycles. The molecule has 0 aromatic carbocycles. The molecule has 0 aliphatic heterocycles. The average molecular weight is 309 g/mol. The van der Waals surface area contributed by atoms with Gasteiger partial charge in [-0.15, -0.1) is 0 Å². The number of ether oxygens (including phenoxy) is 1. The molecule has 1 aliphatic carbocycles. The van der Waals surface area contributed by atoms with Gasteiger partial charge in [0.05, 0.1) is 0 Å². The maximum absolute atomic E-state index is 12.8. The van der Waals surface area contributed by atoms with Crippen LogP contribution < -0.4 is 5.14 Å². The molecule has 4 nitrogen and oxygen atoms in total. The van der Waals surface area contributed by atoms with Gasteiger partial charge >= 0.3 is 0 Å². The fraction of sp³-hybridized carbons (Fsp3) is 0.692. The van der Waals surface area contributed by atoms with Gasteiger partial charge in [0.1, 0.15) is 30.3 Å². The van der Waals surface area contributed by atoms with Crippen LogP contribution in [0.5, 0.6) is 0 Å². The first-order chi connectivity index (χ1) is 9.08. The first-order valence-corrected chi connectivity index (χ1v) is 7.87. The quantitative estimate of drug-likeness (QED) is 0.843. The minimum absolute atomic E-state index is 0.728. The molecular formula is C13H21F2NO3S. The van der Waals surface area contributed by atoms with Crippen molar-refractivity contribution >= 4 is 10.0 Å². The van der Waals surface area contributed by atoms with E-state index in [0.717, 1.165) is 0 Å². The van der Waals surface area contributed by atoms with E-state index in [1.807, 2.05) is 0 Å². The van der Waals surface area contributed by atoms with E-state index >= 15 is 0 Å². The van der Waals surface area contributed by atoms with E-state index in [4.69, 9.17) is 9.88 Å². The van der Waals surface area contributed by atoms with Gasteiger partial charge in [0.15, 0.2) is 0 Å². The molecule has 7 heteroatoms. The van der Waals surface area contributed by atoms with E-state index < -0.39 is 45.7 Å². The van der Waals surface area contributed by atoms with Crippen molar-refractivity contribution in [2.24, 2.45) is 10.6 Å². The molecule has 2 unspecified atom stereocenters. The number of sulfonamides is 1. The van der Waals surface area contributed by atoms with Crippen molar-refractivity contribution < 1.29 is 21.9 Å². The molecule has 0 aromatic heterocycles. The average Bonchev–Trinajstić information content (AvgIpc) is 2.33. The summed E-state index contributed by atoms with van der Waals surface area (Å²) < 4.78 is 54.8. The lowest BCUT2D eigenvalue weighted by atomic mass is 9.72. The Balaban J connectivity index is 3.36. The van der Waals surface area contributed by atoms with Crippen molar-refractivity contribution in [3.05, 3.63) is 24.3 Å². The number of halogens is 2. The highest BCUT2D eigenvalue weighted by Gasteiger charge is 2.53. The van der Waals surface area contributed by atoms with Crippen LogP contribution in [-0.4, -0.2) is 38.7 Å². The van der Waals surface area contributed by atoms with Crippen LogP contribution in [0.2, 0.25) is 0 Å². The van der Waals surface area contributed by atoms with Gasteiger partial charge in [0.25, 0.3) is 0 Å². The summed E-state index contributed by atoms with van der Waals surface area (Å²) >= 11 is 0. The number of allylic oxidation sites excluding steroid dienone is 2. The van der Waals surface area contributed by atoms with Gasteiger partial charge < -0.3 is 4.74 Å². The zero-order valence-corrected chi connectivity index (χ0v) is 12.7. The molecule has 2 atom stereocenters. The Hall–Kier alpha value is -0.790. The summed E-state index contributed by atoms with van der Waals surface area (Å²) in [4.78, 5) is 0. The lowest BCUT2D eigenvalue weighted by Gasteiger charge is -2.48. The number of alkyl halides is 2. The highest BCUT2D eigenvalue weighted by molar-refractivity contribution is 7.90. The van der Waals surface area contributed by atoms with E-state index in [0.29, 0.717) is 0 Å². The molecule has 1 rings (SSSR count). The van der Waals surface area contributed by atoms with Gasteiger partial charge in [-0.3, -0.25) is 0 Å². The van der Waals surface area contributed by atoms with Gasteiger partial charge in [0, 0.05) is 0 Å². The van der Waals surface area contributed by atoms with Crippen LogP contribution in [0.1, 0.15) is 20.8 Å². The molecule has 0 heterocycles.